The molecule has 0 fully saturated rings. The standard InChI is InChI=1S/C10H13IN2O3S/c1-13(6-10(12)14)17(15,16)7-8-3-2-4-9(11)5-8/h2-5H,6-7H2,1H3,(H2,12,14). The first-order valence-electron chi connectivity index (χ1n) is 4.78. The summed E-state index contributed by atoms with van der Waals surface area (Å²) in [5.41, 5.74) is 5.65. The third-order valence-electron chi connectivity index (χ3n) is 2.09. The zero-order valence-electron chi connectivity index (χ0n) is 9.26. The first-order valence-corrected chi connectivity index (χ1v) is 7.47. The van der Waals surface area contributed by atoms with E-state index in [1.165, 1.54) is 7.05 Å². The highest BCUT2D eigenvalue weighted by atomic mass is 127. The molecule has 0 unspecified atom stereocenters. The summed E-state index contributed by atoms with van der Waals surface area (Å²) in [6, 6.07) is 7.19. The van der Waals surface area contributed by atoms with E-state index in [4.69, 9.17) is 5.73 Å². The molecule has 2 N–H and O–H groups in total. The van der Waals surface area contributed by atoms with E-state index in [2.05, 4.69) is 22.6 Å². The lowest BCUT2D eigenvalue weighted by atomic mass is 10.2. The molecule has 0 aliphatic heterocycles. The van der Waals surface area contributed by atoms with Gasteiger partial charge in [0.25, 0.3) is 0 Å². The lowest BCUT2D eigenvalue weighted by molar-refractivity contribution is -0.118. The van der Waals surface area contributed by atoms with Gasteiger partial charge in [0.1, 0.15) is 0 Å². The summed E-state index contributed by atoms with van der Waals surface area (Å²) in [5.74, 6) is -0.799. The average Bonchev–Trinajstić information content (AvgIpc) is 2.15. The number of amides is 1. The maximum Gasteiger partial charge on any atom is 0.232 e. The van der Waals surface area contributed by atoms with E-state index in [0.717, 1.165) is 7.88 Å². The van der Waals surface area contributed by atoms with Crippen molar-refractivity contribution in [1.29, 1.82) is 0 Å². The molecule has 1 aromatic rings. The fraction of sp³-hybridized carbons (Fsp3) is 0.300. The molecule has 0 bridgehead atoms. The summed E-state index contributed by atoms with van der Waals surface area (Å²) in [4.78, 5) is 10.7. The van der Waals surface area contributed by atoms with Gasteiger partial charge in [0.15, 0.2) is 0 Å². The third kappa shape index (κ3) is 4.60. The zero-order chi connectivity index (χ0) is 13.1. The minimum absolute atomic E-state index is 0.131. The Morgan fingerprint density at radius 2 is 2.12 bits per heavy atom. The number of hydrogen-bond donors (Lipinski definition) is 1. The number of nitrogens with two attached hydrogens (primary N) is 1. The molecule has 94 valence electrons. The summed E-state index contributed by atoms with van der Waals surface area (Å²) in [5, 5.41) is 0. The molecule has 0 aliphatic carbocycles. The van der Waals surface area contributed by atoms with Gasteiger partial charge in [-0.1, -0.05) is 12.1 Å². The predicted molar refractivity (Wildman–Crippen MR) is 73.6 cm³/mol. The first kappa shape index (κ1) is 14.4. The van der Waals surface area contributed by atoms with Gasteiger partial charge < -0.3 is 5.73 Å². The van der Waals surface area contributed by atoms with Crippen LogP contribution in [0.5, 0.6) is 0 Å². The van der Waals surface area contributed by atoms with Gasteiger partial charge in [-0.05, 0) is 40.3 Å². The summed E-state index contributed by atoms with van der Waals surface area (Å²) in [6.07, 6.45) is 0. The van der Waals surface area contributed by atoms with E-state index in [1.54, 1.807) is 18.2 Å². The van der Waals surface area contributed by atoms with Crippen molar-refractivity contribution in [2.45, 2.75) is 5.75 Å². The van der Waals surface area contributed by atoms with Crippen LogP contribution in [0.3, 0.4) is 0 Å². The van der Waals surface area contributed by atoms with Crippen LogP contribution >= 0.6 is 22.6 Å². The molecule has 1 aromatic carbocycles. The highest BCUT2D eigenvalue weighted by Crippen LogP contribution is 2.12. The van der Waals surface area contributed by atoms with Crippen molar-refractivity contribution in [3.8, 4) is 0 Å². The number of carbonyl (C=O) groups is 1. The fourth-order valence-corrected chi connectivity index (χ4v) is 3.02. The van der Waals surface area contributed by atoms with E-state index in [1.807, 2.05) is 6.07 Å². The number of rotatable bonds is 5. The maximum atomic E-state index is 11.9. The zero-order valence-corrected chi connectivity index (χ0v) is 12.2. The second-order valence-corrected chi connectivity index (χ2v) is 6.93. The first-order chi connectivity index (χ1) is 7.81. The number of halogens is 1. The van der Waals surface area contributed by atoms with Gasteiger partial charge in [-0.3, -0.25) is 4.79 Å². The van der Waals surface area contributed by atoms with Crippen LogP contribution in [0, 0.1) is 3.57 Å². The van der Waals surface area contributed by atoms with Gasteiger partial charge in [0.05, 0.1) is 12.3 Å². The summed E-state index contributed by atoms with van der Waals surface area (Å²) in [6.45, 7) is -0.299. The quantitative estimate of drug-likeness (QED) is 0.771. The Kier molecular flexibility index (Phi) is 4.90. The Morgan fingerprint density at radius 1 is 1.47 bits per heavy atom. The smallest absolute Gasteiger partial charge is 0.232 e. The molecule has 0 aromatic heterocycles. The molecule has 0 saturated carbocycles. The largest absolute Gasteiger partial charge is 0.369 e. The summed E-state index contributed by atoms with van der Waals surface area (Å²) in [7, 11) is -2.15. The monoisotopic (exact) mass is 368 g/mol. The number of sulfonamides is 1. The van der Waals surface area contributed by atoms with Crippen molar-refractivity contribution in [3.63, 3.8) is 0 Å². The molecule has 0 radical (unpaired) electrons. The molecule has 0 aliphatic rings. The van der Waals surface area contributed by atoms with Crippen LogP contribution in [0.25, 0.3) is 0 Å². The minimum Gasteiger partial charge on any atom is -0.369 e. The van der Waals surface area contributed by atoms with Gasteiger partial charge in [-0.15, -0.1) is 0 Å². The van der Waals surface area contributed by atoms with Gasteiger partial charge in [-0.2, -0.15) is 4.31 Å². The number of primary amides is 1. The summed E-state index contributed by atoms with van der Waals surface area (Å²) < 4.78 is 25.7. The van der Waals surface area contributed by atoms with Crippen LogP contribution in [-0.4, -0.2) is 32.2 Å². The van der Waals surface area contributed by atoms with Crippen molar-refractivity contribution < 1.29 is 13.2 Å². The van der Waals surface area contributed by atoms with E-state index in [-0.39, 0.29) is 12.3 Å². The Hall–Kier alpha value is -0.670. The van der Waals surface area contributed by atoms with Gasteiger partial charge in [0, 0.05) is 10.6 Å². The summed E-state index contributed by atoms with van der Waals surface area (Å²) >= 11 is 2.11. The lowest BCUT2D eigenvalue weighted by Crippen LogP contribution is -2.36. The fourth-order valence-electron chi connectivity index (χ4n) is 1.27. The molecule has 5 nitrogen and oxygen atoms in total. The Bertz CT molecular complexity index is 516. The van der Waals surface area contributed by atoms with E-state index >= 15 is 0 Å². The molecule has 0 heterocycles. The van der Waals surface area contributed by atoms with Crippen LogP contribution in [0.4, 0.5) is 0 Å². The Balaban J connectivity index is 2.83. The molecular formula is C10H13IN2O3S. The molecule has 0 spiro atoms. The number of carbonyl (C=O) groups excluding carboxylic acids is 1. The predicted octanol–water partition coefficient (Wildman–Crippen LogP) is 0.538. The number of likely N-dealkylation sites (N-methyl/N-ethyl adjacent to an activating group) is 1. The maximum absolute atomic E-state index is 11.9. The van der Waals surface area contributed by atoms with Crippen molar-refractivity contribution >= 4 is 38.5 Å². The molecule has 0 saturated heterocycles. The normalized spacial score (nSPS) is 11.7. The number of benzene rings is 1. The molecule has 17 heavy (non-hydrogen) atoms. The molecule has 7 heteroatoms. The van der Waals surface area contributed by atoms with Crippen LogP contribution < -0.4 is 5.73 Å². The van der Waals surface area contributed by atoms with Crippen LogP contribution in [0.1, 0.15) is 5.56 Å². The molecule has 1 rings (SSSR count). The van der Waals surface area contributed by atoms with Gasteiger partial charge >= 0.3 is 0 Å². The van der Waals surface area contributed by atoms with E-state index < -0.39 is 15.9 Å². The van der Waals surface area contributed by atoms with Gasteiger partial charge in [0.2, 0.25) is 15.9 Å². The highest BCUT2D eigenvalue weighted by Gasteiger charge is 2.19. The van der Waals surface area contributed by atoms with E-state index in [0.29, 0.717) is 5.56 Å². The highest BCUT2D eigenvalue weighted by molar-refractivity contribution is 14.1. The average molecular weight is 368 g/mol. The Morgan fingerprint density at radius 3 is 2.65 bits per heavy atom. The van der Waals surface area contributed by atoms with Crippen LogP contribution in [-0.2, 0) is 20.6 Å². The number of hydrogen-bond acceptors (Lipinski definition) is 3. The third-order valence-corrected chi connectivity index (χ3v) is 4.54. The van der Waals surface area contributed by atoms with Crippen LogP contribution in [0.2, 0.25) is 0 Å². The van der Waals surface area contributed by atoms with Crippen LogP contribution in [0.15, 0.2) is 24.3 Å². The molecular weight excluding hydrogens is 355 g/mol. The lowest BCUT2D eigenvalue weighted by Gasteiger charge is -2.15. The molecule has 0 atom stereocenters. The van der Waals surface area contributed by atoms with Crippen molar-refractivity contribution in [2.24, 2.45) is 5.73 Å². The minimum atomic E-state index is -3.50. The Labute approximate surface area is 114 Å². The van der Waals surface area contributed by atoms with E-state index in [9.17, 15) is 13.2 Å². The second kappa shape index (κ2) is 5.78. The number of nitrogens with zero attached hydrogens (tertiary/aromatic N) is 1. The molecule has 1 amide bonds. The van der Waals surface area contributed by atoms with Crippen molar-refractivity contribution in [2.75, 3.05) is 13.6 Å². The second-order valence-electron chi connectivity index (χ2n) is 3.61. The topological polar surface area (TPSA) is 80.5 Å². The van der Waals surface area contributed by atoms with Gasteiger partial charge in [-0.25, -0.2) is 8.42 Å². The van der Waals surface area contributed by atoms with Crippen molar-refractivity contribution in [1.82, 2.24) is 4.31 Å². The van der Waals surface area contributed by atoms with Crippen molar-refractivity contribution in [3.05, 3.63) is 33.4 Å². The SMILES string of the molecule is CN(CC(N)=O)S(=O)(=O)Cc1cccc(I)c1.